The summed E-state index contributed by atoms with van der Waals surface area (Å²) in [5.74, 6) is -7.52. The van der Waals surface area contributed by atoms with E-state index >= 15 is 0 Å². The fraction of sp³-hybridized carbons (Fsp3) is 0.769. The van der Waals surface area contributed by atoms with Gasteiger partial charge < -0.3 is 33.2 Å². The molecule has 2 saturated carbocycles. The number of carbonyl (C=O) groups excluding carboxylic acids is 6. The average molecular weight is 551 g/mol. The number of hydrogen-bond donors (Lipinski definition) is 0. The highest BCUT2D eigenvalue weighted by Crippen LogP contribution is 2.84. The van der Waals surface area contributed by atoms with Crippen LogP contribution in [0.2, 0.25) is 0 Å². The van der Waals surface area contributed by atoms with Crippen LogP contribution in [0.15, 0.2) is 0 Å². The predicted molar refractivity (Wildman–Crippen MR) is 121 cm³/mol. The van der Waals surface area contributed by atoms with Crippen molar-refractivity contribution >= 4 is 35.8 Å². The molecule has 0 amide bonds. The Bertz CT molecular complexity index is 1230. The Kier molecular flexibility index (Phi) is 5.00. The van der Waals surface area contributed by atoms with Gasteiger partial charge in [-0.1, -0.05) is 27.7 Å². The van der Waals surface area contributed by atoms with Gasteiger partial charge in [-0.2, -0.15) is 0 Å². The monoisotopic (exact) mass is 550 g/mol. The van der Waals surface area contributed by atoms with Crippen LogP contribution in [0.3, 0.4) is 0 Å². The Morgan fingerprint density at radius 3 is 2.03 bits per heavy atom. The third-order valence-corrected chi connectivity index (χ3v) is 9.56. The molecule has 12 atom stereocenters. The van der Waals surface area contributed by atoms with Gasteiger partial charge in [-0.15, -0.1) is 0 Å². The van der Waals surface area contributed by atoms with Crippen LogP contribution in [-0.2, 0) is 61.9 Å². The van der Waals surface area contributed by atoms with Crippen molar-refractivity contribution in [2.45, 2.75) is 90.9 Å². The minimum Gasteiger partial charge on any atom is -0.458 e. The molecule has 0 aromatic heterocycles. The first-order chi connectivity index (χ1) is 18.1. The molecule has 6 aliphatic rings. The normalized spacial score (nSPS) is 48.4. The van der Waals surface area contributed by atoms with Gasteiger partial charge in [0.15, 0.2) is 17.8 Å². The highest BCUT2D eigenvalue weighted by atomic mass is 16.8. The van der Waals surface area contributed by atoms with Crippen LogP contribution < -0.4 is 0 Å². The number of hydrogen-bond acceptors (Lipinski definition) is 13. The molecule has 4 saturated heterocycles. The van der Waals surface area contributed by atoms with Gasteiger partial charge in [-0.25, -0.2) is 9.59 Å². The van der Waals surface area contributed by atoms with Gasteiger partial charge in [-0.3, -0.25) is 19.2 Å². The van der Waals surface area contributed by atoms with Crippen LogP contribution in [0.25, 0.3) is 0 Å². The molecule has 6 fully saturated rings. The molecule has 2 aliphatic carbocycles. The summed E-state index contributed by atoms with van der Waals surface area (Å²) >= 11 is 0. The van der Waals surface area contributed by atoms with Crippen LogP contribution >= 0.6 is 0 Å². The van der Waals surface area contributed by atoms with Crippen LogP contribution in [0, 0.1) is 34.0 Å². The second-order valence-electron chi connectivity index (χ2n) is 12.4. The van der Waals surface area contributed by atoms with E-state index in [1.54, 1.807) is 6.92 Å². The Hall–Kier alpha value is -3.22. The molecule has 0 aromatic carbocycles. The van der Waals surface area contributed by atoms with Crippen molar-refractivity contribution in [3.63, 3.8) is 0 Å². The Labute approximate surface area is 223 Å². The van der Waals surface area contributed by atoms with Crippen molar-refractivity contribution in [3.05, 3.63) is 0 Å². The topological polar surface area (TPSA) is 167 Å². The lowest BCUT2D eigenvalue weighted by Crippen LogP contribution is -2.64. The quantitative estimate of drug-likeness (QED) is 0.346. The van der Waals surface area contributed by atoms with Crippen LogP contribution in [0.5, 0.6) is 0 Å². The van der Waals surface area contributed by atoms with Crippen LogP contribution in [-0.4, -0.2) is 78.2 Å². The second-order valence-corrected chi connectivity index (χ2v) is 12.4. The van der Waals surface area contributed by atoms with E-state index < -0.39 is 112 Å². The van der Waals surface area contributed by atoms with Crippen molar-refractivity contribution in [1.82, 2.24) is 0 Å². The Morgan fingerprint density at radius 2 is 1.46 bits per heavy atom. The first kappa shape index (κ1) is 26.0. The fourth-order valence-corrected chi connectivity index (χ4v) is 9.14. The highest BCUT2D eigenvalue weighted by Gasteiger charge is 3.03. The summed E-state index contributed by atoms with van der Waals surface area (Å²) in [6, 6.07) is 0. The summed E-state index contributed by atoms with van der Waals surface area (Å²) in [6.07, 6.45) is -8.20. The van der Waals surface area contributed by atoms with E-state index in [9.17, 15) is 28.8 Å². The molecule has 0 N–H and O–H groups in total. The predicted octanol–water partition coefficient (Wildman–Crippen LogP) is 0.199. The number of fused-ring (bicyclic) bond motifs is 1. The maximum atomic E-state index is 14.1. The smallest absolute Gasteiger partial charge is 0.350 e. The largest absolute Gasteiger partial charge is 0.458 e. The van der Waals surface area contributed by atoms with E-state index in [0.29, 0.717) is 0 Å². The lowest BCUT2D eigenvalue weighted by Gasteiger charge is -2.48. The summed E-state index contributed by atoms with van der Waals surface area (Å²) in [6.45, 7) is 10.5. The zero-order valence-corrected chi connectivity index (χ0v) is 22.5. The van der Waals surface area contributed by atoms with Crippen molar-refractivity contribution in [2.24, 2.45) is 34.0 Å². The molecular weight excluding hydrogens is 520 g/mol. The molecule has 0 unspecified atom stereocenters. The van der Waals surface area contributed by atoms with Gasteiger partial charge in [0.05, 0.1) is 11.8 Å². The molecule has 13 nitrogen and oxygen atoms in total. The lowest BCUT2D eigenvalue weighted by atomic mass is 9.51. The average Bonchev–Trinajstić information content (AvgIpc) is 3.50. The molecule has 4 aliphatic heterocycles. The van der Waals surface area contributed by atoms with Gasteiger partial charge in [0.2, 0.25) is 12.4 Å². The number of esters is 6. The SMILES string of the molecule is CC(=O)O[C@H]1[C@H]2OC(=O)[C@@]34O[C@H]5OC(=O)[C@H](OC(C)=O)[C@]5([C@@H]1C(C)(C)C)[C@]23[C@@H](OC(C)=O)[C@@H]1OC(=O)[C@@H](C)[C@@H]14. The maximum Gasteiger partial charge on any atom is 0.350 e. The van der Waals surface area contributed by atoms with Crippen molar-refractivity contribution in [2.75, 3.05) is 0 Å². The van der Waals surface area contributed by atoms with E-state index in [4.69, 9.17) is 33.2 Å². The Balaban J connectivity index is 1.75. The fourth-order valence-electron chi connectivity index (χ4n) is 9.14. The second kappa shape index (κ2) is 7.49. The first-order valence-corrected chi connectivity index (χ1v) is 12.9. The summed E-state index contributed by atoms with van der Waals surface area (Å²) in [7, 11) is 0. The van der Waals surface area contributed by atoms with E-state index in [0.717, 1.165) is 13.8 Å². The zero-order valence-electron chi connectivity index (χ0n) is 22.5. The van der Waals surface area contributed by atoms with E-state index in [1.165, 1.54) is 6.92 Å². The standard InChI is InChI=1S/C26H30O13/c1-8-12-13(36-19(8)30)16(34-10(3)28)25-17-14(33-9(2)27)15(23(5,6)7)24(25)18(35-11(4)29)20(31)38-22(24)39-26(12,25)21(32)37-17/h8,12-18,22H,1-7H3/t8-,12-,13+,14+,15-,16-,17+,18-,22+,24-,25-,26+/m0/s1. The van der Waals surface area contributed by atoms with Gasteiger partial charge in [-0.05, 0) is 5.41 Å². The molecule has 4 heterocycles. The molecule has 6 rings (SSSR count). The minimum atomic E-state index is -2.02. The van der Waals surface area contributed by atoms with E-state index in [2.05, 4.69) is 0 Å². The summed E-state index contributed by atoms with van der Waals surface area (Å²) in [4.78, 5) is 77.8. The first-order valence-electron chi connectivity index (χ1n) is 12.9. The van der Waals surface area contributed by atoms with Gasteiger partial charge in [0, 0.05) is 26.7 Å². The third-order valence-electron chi connectivity index (χ3n) is 9.56. The summed E-state index contributed by atoms with van der Waals surface area (Å²) in [5, 5.41) is 0. The van der Waals surface area contributed by atoms with Gasteiger partial charge >= 0.3 is 35.8 Å². The molecule has 2 spiro atoms. The highest BCUT2D eigenvalue weighted by molar-refractivity contribution is 5.93. The molecule has 13 heteroatoms. The molecule has 212 valence electrons. The van der Waals surface area contributed by atoms with Gasteiger partial charge in [0.25, 0.3) is 0 Å². The molecule has 0 radical (unpaired) electrons. The number of carbonyl (C=O) groups is 6. The lowest BCUT2D eigenvalue weighted by molar-refractivity contribution is -0.211. The maximum absolute atomic E-state index is 14.1. The molecule has 39 heavy (non-hydrogen) atoms. The van der Waals surface area contributed by atoms with Crippen molar-refractivity contribution in [3.8, 4) is 0 Å². The van der Waals surface area contributed by atoms with Crippen LogP contribution in [0.1, 0.15) is 48.5 Å². The van der Waals surface area contributed by atoms with Crippen LogP contribution in [0.4, 0.5) is 0 Å². The third kappa shape index (κ3) is 2.60. The molecular formula is C26H30O13. The van der Waals surface area contributed by atoms with Crippen molar-refractivity contribution in [1.29, 1.82) is 0 Å². The number of ether oxygens (including phenoxy) is 7. The minimum absolute atomic E-state index is 0.632. The number of rotatable bonds is 3. The van der Waals surface area contributed by atoms with E-state index in [1.807, 2.05) is 20.8 Å². The molecule has 0 aromatic rings. The molecule has 0 bridgehead atoms. The van der Waals surface area contributed by atoms with Crippen molar-refractivity contribution < 1.29 is 61.9 Å². The Morgan fingerprint density at radius 1 is 0.846 bits per heavy atom. The van der Waals surface area contributed by atoms with E-state index in [-0.39, 0.29) is 0 Å². The van der Waals surface area contributed by atoms with Gasteiger partial charge in [0.1, 0.15) is 23.0 Å². The summed E-state index contributed by atoms with van der Waals surface area (Å²) < 4.78 is 41.3. The summed E-state index contributed by atoms with van der Waals surface area (Å²) in [5.41, 5.74) is -6.39. The zero-order chi connectivity index (χ0) is 28.6.